The lowest BCUT2D eigenvalue weighted by atomic mass is 9.81. The zero-order valence-electron chi connectivity index (χ0n) is 32.4. The molecule has 2 heteroatoms. The Kier molecular flexibility index (Phi) is 7.01. The first kappa shape index (κ1) is 32.9. The standard InChI is InChI=1S/C56H38N2/c1-56(2)50-22-11-10-20-44(50)45-26-23-38(34-51(45)56)37-25-30-54-49(33-37)48-32-36(24-29-53(48)58(54)40-15-4-3-5-16-40)35-13-12-14-39(31-35)52-28-27-47-43-19-7-6-17-41(43)42-18-8-9-21-46(42)55(47)57-52/h3-34H,1-2H3. The molecule has 272 valence electrons. The summed E-state index contributed by atoms with van der Waals surface area (Å²) in [6.07, 6.45) is 0. The van der Waals surface area contributed by atoms with Crippen LogP contribution in [0.25, 0.3) is 105 Å². The first-order valence-electron chi connectivity index (χ1n) is 20.2. The molecule has 9 aromatic carbocycles. The number of aromatic nitrogens is 2. The maximum Gasteiger partial charge on any atom is 0.0794 e. The summed E-state index contributed by atoms with van der Waals surface area (Å²) < 4.78 is 2.41. The Morgan fingerprint density at radius 1 is 0.362 bits per heavy atom. The van der Waals surface area contributed by atoms with E-state index in [0.29, 0.717) is 0 Å². The van der Waals surface area contributed by atoms with Crippen molar-refractivity contribution in [2.45, 2.75) is 19.3 Å². The molecule has 0 radical (unpaired) electrons. The van der Waals surface area contributed by atoms with Crippen LogP contribution in [0.5, 0.6) is 0 Å². The van der Waals surface area contributed by atoms with Crippen LogP contribution in [0.4, 0.5) is 0 Å². The van der Waals surface area contributed by atoms with Crippen molar-refractivity contribution in [3.05, 3.63) is 205 Å². The van der Waals surface area contributed by atoms with E-state index < -0.39 is 0 Å². The van der Waals surface area contributed by atoms with Gasteiger partial charge in [-0.3, -0.25) is 0 Å². The molecule has 0 amide bonds. The van der Waals surface area contributed by atoms with Gasteiger partial charge in [-0.05, 0) is 121 Å². The number of benzene rings is 9. The molecule has 0 saturated heterocycles. The van der Waals surface area contributed by atoms with Gasteiger partial charge in [0.1, 0.15) is 0 Å². The van der Waals surface area contributed by atoms with Crippen LogP contribution in [0.2, 0.25) is 0 Å². The van der Waals surface area contributed by atoms with Gasteiger partial charge >= 0.3 is 0 Å². The lowest BCUT2D eigenvalue weighted by Crippen LogP contribution is -2.14. The van der Waals surface area contributed by atoms with E-state index in [0.717, 1.165) is 22.5 Å². The van der Waals surface area contributed by atoms with Crippen LogP contribution in [0.15, 0.2) is 194 Å². The fourth-order valence-corrected chi connectivity index (χ4v) is 9.90. The van der Waals surface area contributed by atoms with Gasteiger partial charge in [0.05, 0.1) is 22.2 Å². The maximum absolute atomic E-state index is 5.36. The lowest BCUT2D eigenvalue weighted by molar-refractivity contribution is 0.660. The summed E-state index contributed by atoms with van der Waals surface area (Å²) in [6.45, 7) is 4.71. The molecule has 2 heterocycles. The molecule has 11 aromatic rings. The highest BCUT2D eigenvalue weighted by Crippen LogP contribution is 2.50. The Morgan fingerprint density at radius 3 is 1.62 bits per heavy atom. The fourth-order valence-electron chi connectivity index (χ4n) is 9.90. The average Bonchev–Trinajstić information content (AvgIpc) is 3.73. The summed E-state index contributed by atoms with van der Waals surface area (Å²) in [5.41, 5.74) is 16.9. The highest BCUT2D eigenvalue weighted by atomic mass is 15.0. The SMILES string of the molecule is CC1(C)c2ccccc2-c2ccc(-c3ccc4c(c3)c3cc(-c5cccc(-c6ccc7c8ccccc8c8ccccc8c7n6)c5)ccc3n4-c3ccccc3)cc21. The minimum atomic E-state index is -0.0522. The van der Waals surface area contributed by atoms with Crippen molar-refractivity contribution in [1.29, 1.82) is 0 Å². The third kappa shape index (κ3) is 4.82. The maximum atomic E-state index is 5.36. The summed E-state index contributed by atoms with van der Waals surface area (Å²) in [5.74, 6) is 0. The Hall–Kier alpha value is -7.29. The van der Waals surface area contributed by atoms with Gasteiger partial charge in [-0.2, -0.15) is 0 Å². The molecule has 0 spiro atoms. The summed E-state index contributed by atoms with van der Waals surface area (Å²) in [4.78, 5) is 5.36. The number of hydrogen-bond acceptors (Lipinski definition) is 1. The van der Waals surface area contributed by atoms with Crippen molar-refractivity contribution in [1.82, 2.24) is 9.55 Å². The Morgan fingerprint density at radius 2 is 0.897 bits per heavy atom. The van der Waals surface area contributed by atoms with E-state index in [-0.39, 0.29) is 5.41 Å². The van der Waals surface area contributed by atoms with E-state index in [9.17, 15) is 0 Å². The Balaban J connectivity index is 1.00. The number of para-hydroxylation sites is 1. The summed E-state index contributed by atoms with van der Waals surface area (Å²) in [5, 5.41) is 8.58. The van der Waals surface area contributed by atoms with Gasteiger partial charge in [0.15, 0.2) is 0 Å². The van der Waals surface area contributed by atoms with Crippen molar-refractivity contribution < 1.29 is 0 Å². The highest BCUT2D eigenvalue weighted by Gasteiger charge is 2.35. The zero-order valence-corrected chi connectivity index (χ0v) is 32.4. The second kappa shape index (κ2) is 12.4. The summed E-state index contributed by atoms with van der Waals surface area (Å²) in [7, 11) is 0. The fraction of sp³-hybridized carbons (Fsp3) is 0.0536. The molecule has 58 heavy (non-hydrogen) atoms. The molecule has 1 aliphatic carbocycles. The molecule has 2 aromatic heterocycles. The van der Waals surface area contributed by atoms with Gasteiger partial charge in [0.25, 0.3) is 0 Å². The molecule has 0 saturated carbocycles. The average molecular weight is 739 g/mol. The van der Waals surface area contributed by atoms with E-state index in [4.69, 9.17) is 4.98 Å². The topological polar surface area (TPSA) is 17.8 Å². The van der Waals surface area contributed by atoms with E-state index in [1.54, 1.807) is 0 Å². The quantitative estimate of drug-likeness (QED) is 0.164. The first-order valence-corrected chi connectivity index (χ1v) is 20.2. The third-order valence-corrected chi connectivity index (χ3v) is 12.8. The van der Waals surface area contributed by atoms with Crippen LogP contribution >= 0.6 is 0 Å². The largest absolute Gasteiger partial charge is 0.309 e. The zero-order chi connectivity index (χ0) is 38.5. The van der Waals surface area contributed by atoms with Crippen LogP contribution in [0.1, 0.15) is 25.0 Å². The van der Waals surface area contributed by atoms with Crippen LogP contribution in [0.3, 0.4) is 0 Å². The number of fused-ring (bicyclic) bond motifs is 12. The highest BCUT2D eigenvalue weighted by molar-refractivity contribution is 6.24. The van der Waals surface area contributed by atoms with Crippen molar-refractivity contribution >= 4 is 54.3 Å². The molecule has 0 unspecified atom stereocenters. The molecule has 1 aliphatic rings. The van der Waals surface area contributed by atoms with E-state index >= 15 is 0 Å². The molecular formula is C56H38N2. The van der Waals surface area contributed by atoms with Crippen molar-refractivity contribution in [2.75, 3.05) is 0 Å². The van der Waals surface area contributed by atoms with Crippen molar-refractivity contribution in [3.63, 3.8) is 0 Å². The molecule has 0 atom stereocenters. The monoisotopic (exact) mass is 738 g/mol. The van der Waals surface area contributed by atoms with Gasteiger partial charge < -0.3 is 4.57 Å². The molecule has 0 aliphatic heterocycles. The minimum Gasteiger partial charge on any atom is -0.309 e. The molecular weight excluding hydrogens is 701 g/mol. The van der Waals surface area contributed by atoms with Gasteiger partial charge in [-0.15, -0.1) is 0 Å². The molecule has 0 N–H and O–H groups in total. The molecule has 0 bridgehead atoms. The minimum absolute atomic E-state index is 0.0522. The Labute approximate surface area is 337 Å². The van der Waals surface area contributed by atoms with E-state index in [1.807, 2.05) is 0 Å². The van der Waals surface area contributed by atoms with Crippen molar-refractivity contribution in [2.24, 2.45) is 0 Å². The van der Waals surface area contributed by atoms with E-state index in [2.05, 4.69) is 213 Å². The predicted octanol–water partition coefficient (Wildman–Crippen LogP) is 14.9. The third-order valence-electron chi connectivity index (χ3n) is 12.8. The van der Waals surface area contributed by atoms with Crippen molar-refractivity contribution in [3.8, 4) is 50.3 Å². The van der Waals surface area contributed by atoms with Crippen LogP contribution in [-0.2, 0) is 5.41 Å². The summed E-state index contributed by atoms with van der Waals surface area (Å²) in [6, 6.07) is 71.3. The Bertz CT molecular complexity index is 3440. The lowest BCUT2D eigenvalue weighted by Gasteiger charge is -2.22. The van der Waals surface area contributed by atoms with Gasteiger partial charge in [-0.25, -0.2) is 4.98 Å². The van der Waals surface area contributed by atoms with Crippen LogP contribution < -0.4 is 0 Å². The summed E-state index contributed by atoms with van der Waals surface area (Å²) >= 11 is 0. The van der Waals surface area contributed by atoms with Gasteiger partial charge in [0, 0.05) is 38.2 Å². The molecule has 2 nitrogen and oxygen atoms in total. The number of rotatable bonds is 4. The first-order chi connectivity index (χ1) is 28.5. The second-order valence-corrected chi connectivity index (χ2v) is 16.3. The number of pyridine rings is 1. The molecule has 0 fully saturated rings. The number of hydrogen-bond donors (Lipinski definition) is 0. The normalized spacial score (nSPS) is 13.1. The van der Waals surface area contributed by atoms with Crippen LogP contribution in [0, 0.1) is 0 Å². The molecule has 12 rings (SSSR count). The second-order valence-electron chi connectivity index (χ2n) is 16.3. The number of nitrogens with zero attached hydrogens (tertiary/aromatic N) is 2. The van der Waals surface area contributed by atoms with Gasteiger partial charge in [-0.1, -0.05) is 147 Å². The van der Waals surface area contributed by atoms with Gasteiger partial charge in [0.2, 0.25) is 0 Å². The predicted molar refractivity (Wildman–Crippen MR) is 245 cm³/mol. The van der Waals surface area contributed by atoms with Crippen LogP contribution in [-0.4, -0.2) is 9.55 Å². The van der Waals surface area contributed by atoms with E-state index in [1.165, 1.54) is 93.2 Å². The smallest absolute Gasteiger partial charge is 0.0794 e.